The van der Waals surface area contributed by atoms with Gasteiger partial charge in [-0.05, 0) is 79.7 Å². The molecule has 0 saturated heterocycles. The van der Waals surface area contributed by atoms with E-state index in [9.17, 15) is 0 Å². The van der Waals surface area contributed by atoms with Crippen LogP contribution < -0.4 is 0 Å². The lowest BCUT2D eigenvalue weighted by Crippen LogP contribution is -1.96. The van der Waals surface area contributed by atoms with Gasteiger partial charge >= 0.3 is 0 Å². The first-order valence-corrected chi connectivity index (χ1v) is 16.5. The molecule has 10 rings (SSSR count). The van der Waals surface area contributed by atoms with Gasteiger partial charge in [0, 0.05) is 49.4 Å². The van der Waals surface area contributed by atoms with E-state index in [4.69, 9.17) is 0 Å². The van der Waals surface area contributed by atoms with Gasteiger partial charge in [0.15, 0.2) is 0 Å². The van der Waals surface area contributed by atoms with E-state index in [1.54, 1.807) is 6.08 Å². The quantitative estimate of drug-likeness (QED) is 0.176. The highest BCUT2D eigenvalue weighted by molar-refractivity contribution is 6.29. The summed E-state index contributed by atoms with van der Waals surface area (Å²) in [4.78, 5) is 0. The van der Waals surface area contributed by atoms with Crippen LogP contribution >= 0.6 is 0 Å². The molecule has 0 radical (unpaired) electrons. The second-order valence-electron chi connectivity index (χ2n) is 12.2. The molecule has 0 unspecified atom stereocenters. The average Bonchev–Trinajstić information content (AvgIpc) is 3.78. The summed E-state index contributed by atoms with van der Waals surface area (Å²) in [6, 6.07) is 59.3. The van der Waals surface area contributed by atoms with Crippen molar-refractivity contribution in [2.45, 2.75) is 6.92 Å². The van der Waals surface area contributed by atoms with Gasteiger partial charge in [-0.1, -0.05) is 97.1 Å². The number of nitrogens with zero attached hydrogens (tertiary/aromatic N) is 3. The Kier molecular flexibility index (Phi) is 6.51. The van der Waals surface area contributed by atoms with Gasteiger partial charge in [0.2, 0.25) is 0 Å². The summed E-state index contributed by atoms with van der Waals surface area (Å²) in [5, 5.41) is 7.63. The van der Waals surface area contributed by atoms with Crippen molar-refractivity contribution in [2.75, 3.05) is 0 Å². The maximum absolute atomic E-state index is 3.36. The summed E-state index contributed by atoms with van der Waals surface area (Å²) in [6.45, 7) is 5.25. The van der Waals surface area contributed by atoms with Crippen molar-refractivity contribution in [3.63, 3.8) is 0 Å². The fraction of sp³-hybridized carbons (Fsp3) is 0.0222. The Morgan fingerprint density at radius 2 is 0.708 bits per heavy atom. The molecule has 0 amide bonds. The molecular weight excluding hydrogens is 583 g/mol. The molecule has 3 nitrogen and oxygen atoms in total. The molecule has 0 saturated carbocycles. The predicted molar refractivity (Wildman–Crippen MR) is 205 cm³/mol. The van der Waals surface area contributed by atoms with Crippen LogP contribution in [0.25, 0.3) is 82.5 Å². The predicted octanol–water partition coefficient (Wildman–Crippen LogP) is 12.2. The standard InChI is InChI=1S/C42H27N3.C3H6/c1-3-13-28(14-4-1)43-35-20-10-7-17-31(35)34-27-30(23-24-38(34)43)45-37-22-12-9-19-33(37)42-40(45)26-25-39-41(42)32-18-8-11-21-36(32)44(39)29-15-5-2-6-16-29;1-3-2/h1-27H;3H,1H2,2H3. The van der Waals surface area contributed by atoms with E-state index in [2.05, 4.69) is 184 Å². The SMILES string of the molecule is C=CC.c1ccc(-n2c3ccccc3c3cc(-n4c5ccccc5c5c6c7ccccc7n(-c7ccccc7)c6ccc54)ccc32)cc1. The molecule has 48 heavy (non-hydrogen) atoms. The second-order valence-corrected chi connectivity index (χ2v) is 12.2. The van der Waals surface area contributed by atoms with E-state index in [0.717, 1.165) is 5.69 Å². The molecule has 0 aliphatic rings. The number of hydrogen-bond acceptors (Lipinski definition) is 0. The molecular formula is C45H33N3. The third kappa shape index (κ3) is 4.08. The molecule has 0 bridgehead atoms. The molecule has 0 aliphatic heterocycles. The number of aromatic nitrogens is 3. The molecule has 0 atom stereocenters. The molecule has 0 spiro atoms. The second kappa shape index (κ2) is 11.2. The number of rotatable bonds is 3. The maximum Gasteiger partial charge on any atom is 0.0548 e. The van der Waals surface area contributed by atoms with Crippen molar-refractivity contribution in [1.82, 2.24) is 13.7 Å². The Balaban J connectivity index is 0.00000101. The summed E-state index contributed by atoms with van der Waals surface area (Å²) in [6.07, 6.45) is 1.75. The largest absolute Gasteiger partial charge is 0.309 e. The van der Waals surface area contributed by atoms with E-state index in [1.165, 1.54) is 76.8 Å². The van der Waals surface area contributed by atoms with Gasteiger partial charge in [0.1, 0.15) is 0 Å². The molecule has 0 fully saturated rings. The third-order valence-electron chi connectivity index (χ3n) is 9.41. The van der Waals surface area contributed by atoms with Crippen LogP contribution in [0.2, 0.25) is 0 Å². The summed E-state index contributed by atoms with van der Waals surface area (Å²) in [5.74, 6) is 0. The minimum atomic E-state index is 1.16. The van der Waals surface area contributed by atoms with E-state index in [-0.39, 0.29) is 0 Å². The molecule has 7 aromatic carbocycles. The highest BCUT2D eigenvalue weighted by Crippen LogP contribution is 2.43. The summed E-state index contributed by atoms with van der Waals surface area (Å²) < 4.78 is 7.23. The van der Waals surface area contributed by atoms with Gasteiger partial charge in [-0.15, -0.1) is 6.58 Å². The molecule has 10 aromatic rings. The van der Waals surface area contributed by atoms with Crippen LogP contribution in [0.1, 0.15) is 6.92 Å². The van der Waals surface area contributed by atoms with E-state index >= 15 is 0 Å². The van der Waals surface area contributed by atoms with Crippen molar-refractivity contribution >= 4 is 65.4 Å². The van der Waals surface area contributed by atoms with E-state index < -0.39 is 0 Å². The number of benzene rings is 7. The molecule has 0 aliphatic carbocycles. The van der Waals surface area contributed by atoms with Crippen LogP contribution in [0.4, 0.5) is 0 Å². The summed E-state index contributed by atoms with van der Waals surface area (Å²) in [7, 11) is 0. The van der Waals surface area contributed by atoms with Crippen LogP contribution in [0.15, 0.2) is 176 Å². The minimum absolute atomic E-state index is 1.16. The lowest BCUT2D eigenvalue weighted by Gasteiger charge is -2.11. The smallest absolute Gasteiger partial charge is 0.0548 e. The first kappa shape index (κ1) is 27.9. The monoisotopic (exact) mass is 615 g/mol. The topological polar surface area (TPSA) is 14.8 Å². The first-order valence-electron chi connectivity index (χ1n) is 16.5. The Bertz CT molecular complexity index is 2790. The molecule has 228 valence electrons. The highest BCUT2D eigenvalue weighted by Gasteiger charge is 2.21. The van der Waals surface area contributed by atoms with E-state index in [0.29, 0.717) is 0 Å². The Hall–Kier alpha value is -6.32. The van der Waals surface area contributed by atoms with Gasteiger partial charge in [-0.3, -0.25) is 0 Å². The molecule has 3 heteroatoms. The number of hydrogen-bond donors (Lipinski definition) is 0. The zero-order chi connectivity index (χ0) is 32.2. The zero-order valence-electron chi connectivity index (χ0n) is 26.7. The zero-order valence-corrected chi connectivity index (χ0v) is 26.7. The fourth-order valence-corrected chi connectivity index (χ4v) is 7.61. The summed E-state index contributed by atoms with van der Waals surface area (Å²) in [5.41, 5.74) is 10.8. The average molecular weight is 616 g/mol. The van der Waals surface area contributed by atoms with Crippen molar-refractivity contribution in [1.29, 1.82) is 0 Å². The Morgan fingerprint density at radius 1 is 0.354 bits per heavy atom. The molecule has 3 heterocycles. The lowest BCUT2D eigenvalue weighted by molar-refractivity contribution is 1.16. The fourth-order valence-electron chi connectivity index (χ4n) is 7.61. The maximum atomic E-state index is 3.36. The van der Waals surface area contributed by atoms with Crippen LogP contribution in [0.3, 0.4) is 0 Å². The van der Waals surface area contributed by atoms with Gasteiger partial charge in [-0.2, -0.15) is 0 Å². The molecule has 0 N–H and O–H groups in total. The Morgan fingerprint density at radius 3 is 1.23 bits per heavy atom. The number of fused-ring (bicyclic) bond motifs is 10. The van der Waals surface area contributed by atoms with Crippen molar-refractivity contribution < 1.29 is 0 Å². The van der Waals surface area contributed by atoms with Crippen LogP contribution in [0.5, 0.6) is 0 Å². The van der Waals surface area contributed by atoms with Crippen LogP contribution in [-0.4, -0.2) is 13.7 Å². The normalized spacial score (nSPS) is 11.5. The number of allylic oxidation sites excluding steroid dienone is 1. The van der Waals surface area contributed by atoms with Crippen molar-refractivity contribution in [3.05, 3.63) is 176 Å². The van der Waals surface area contributed by atoms with Crippen molar-refractivity contribution in [3.8, 4) is 17.1 Å². The van der Waals surface area contributed by atoms with E-state index in [1.807, 2.05) is 6.92 Å². The van der Waals surface area contributed by atoms with Gasteiger partial charge < -0.3 is 13.7 Å². The van der Waals surface area contributed by atoms with Gasteiger partial charge in [0.25, 0.3) is 0 Å². The third-order valence-corrected chi connectivity index (χ3v) is 9.41. The summed E-state index contributed by atoms with van der Waals surface area (Å²) >= 11 is 0. The Labute approximate surface area is 278 Å². The lowest BCUT2D eigenvalue weighted by atomic mass is 10.1. The van der Waals surface area contributed by atoms with Gasteiger partial charge in [0.05, 0.1) is 33.1 Å². The minimum Gasteiger partial charge on any atom is -0.309 e. The first-order chi connectivity index (χ1) is 23.8. The van der Waals surface area contributed by atoms with Crippen LogP contribution in [0, 0.1) is 0 Å². The highest BCUT2D eigenvalue weighted by atomic mass is 15.0. The molecule has 3 aromatic heterocycles. The van der Waals surface area contributed by atoms with Crippen molar-refractivity contribution in [2.24, 2.45) is 0 Å². The number of para-hydroxylation sites is 5. The van der Waals surface area contributed by atoms with Crippen LogP contribution in [-0.2, 0) is 0 Å². The van der Waals surface area contributed by atoms with Gasteiger partial charge in [-0.25, -0.2) is 0 Å².